The number of hydrogen-bond donors (Lipinski definition) is 0. The first kappa shape index (κ1) is 10.7. The summed E-state index contributed by atoms with van der Waals surface area (Å²) in [6.45, 7) is 6.18. The lowest BCUT2D eigenvalue weighted by Crippen LogP contribution is -2.03. The molecule has 0 spiro atoms. The molecule has 3 heteroatoms. The lowest BCUT2D eigenvalue weighted by atomic mass is 10.1. The van der Waals surface area contributed by atoms with Gasteiger partial charge in [-0.15, -0.1) is 0 Å². The van der Waals surface area contributed by atoms with E-state index in [9.17, 15) is 0 Å². The van der Waals surface area contributed by atoms with Crippen molar-refractivity contribution in [2.75, 3.05) is 0 Å². The van der Waals surface area contributed by atoms with Crippen molar-refractivity contribution in [3.8, 4) is 6.07 Å². The van der Waals surface area contributed by atoms with Gasteiger partial charge < -0.3 is 4.57 Å². The summed E-state index contributed by atoms with van der Waals surface area (Å²) in [5.74, 6) is 0. The molecule has 0 aliphatic carbocycles. The zero-order chi connectivity index (χ0) is 11.7. The Labute approximate surface area is 95.3 Å². The molecule has 0 fully saturated rings. The molecule has 0 saturated carbocycles. The van der Waals surface area contributed by atoms with Gasteiger partial charge in [-0.05, 0) is 43.5 Å². The minimum absolute atomic E-state index is 0.118. The topological polar surface area (TPSA) is 41.6 Å². The molecule has 1 aromatic carbocycles. The molecule has 2 aromatic rings. The van der Waals surface area contributed by atoms with Gasteiger partial charge in [-0.2, -0.15) is 5.26 Å². The Morgan fingerprint density at radius 1 is 1.38 bits per heavy atom. The molecule has 0 radical (unpaired) electrons. The molecular weight excluding hydrogens is 198 g/mol. The quantitative estimate of drug-likeness (QED) is 0.769. The molecule has 1 atom stereocenters. The van der Waals surface area contributed by atoms with Crippen LogP contribution in [0.1, 0.15) is 30.5 Å². The molecule has 3 nitrogen and oxygen atoms in total. The van der Waals surface area contributed by atoms with Crippen molar-refractivity contribution >= 4 is 11.0 Å². The Balaban J connectivity index is 2.65. The molecule has 2 rings (SSSR count). The van der Waals surface area contributed by atoms with Gasteiger partial charge in [0.1, 0.15) is 6.04 Å². The number of aryl methyl sites for hydroxylation is 2. The van der Waals surface area contributed by atoms with Crippen LogP contribution in [0.25, 0.3) is 11.0 Å². The average Bonchev–Trinajstić information content (AvgIpc) is 2.65. The molecule has 82 valence electrons. The third-order valence-corrected chi connectivity index (χ3v) is 3.06. The van der Waals surface area contributed by atoms with Gasteiger partial charge in [0.05, 0.1) is 23.4 Å². The highest BCUT2D eigenvalue weighted by atomic mass is 15.1. The fraction of sp³-hybridized carbons (Fsp3) is 0.385. The van der Waals surface area contributed by atoms with Crippen LogP contribution < -0.4 is 0 Å². The van der Waals surface area contributed by atoms with Crippen molar-refractivity contribution in [2.45, 2.75) is 33.2 Å². The van der Waals surface area contributed by atoms with E-state index in [-0.39, 0.29) is 6.04 Å². The monoisotopic (exact) mass is 213 g/mol. The van der Waals surface area contributed by atoms with E-state index in [0.29, 0.717) is 0 Å². The number of hydrogen-bond acceptors (Lipinski definition) is 2. The van der Waals surface area contributed by atoms with Crippen LogP contribution in [0.15, 0.2) is 18.5 Å². The maximum atomic E-state index is 9.08. The number of fused-ring (bicyclic) bond motifs is 1. The number of benzene rings is 1. The Morgan fingerprint density at radius 2 is 2.06 bits per heavy atom. The Hall–Kier alpha value is -1.82. The Kier molecular flexibility index (Phi) is 2.66. The van der Waals surface area contributed by atoms with Crippen LogP contribution in [0.5, 0.6) is 0 Å². The fourth-order valence-electron chi connectivity index (χ4n) is 1.88. The first-order valence-corrected chi connectivity index (χ1v) is 5.50. The predicted molar refractivity (Wildman–Crippen MR) is 64.1 cm³/mol. The highest BCUT2D eigenvalue weighted by Gasteiger charge is 2.11. The van der Waals surface area contributed by atoms with Crippen LogP contribution in [0.3, 0.4) is 0 Å². The molecule has 16 heavy (non-hydrogen) atoms. The number of rotatable bonds is 2. The second-order valence-electron chi connectivity index (χ2n) is 4.13. The van der Waals surface area contributed by atoms with Gasteiger partial charge in [0.2, 0.25) is 0 Å². The lowest BCUT2D eigenvalue weighted by molar-refractivity contribution is 0.612. The number of nitrogens with zero attached hydrogens (tertiary/aromatic N) is 3. The van der Waals surface area contributed by atoms with Crippen molar-refractivity contribution in [1.29, 1.82) is 5.26 Å². The summed E-state index contributed by atoms with van der Waals surface area (Å²) in [6, 6.07) is 6.37. The average molecular weight is 213 g/mol. The molecular formula is C13H15N3. The summed E-state index contributed by atoms with van der Waals surface area (Å²) < 4.78 is 1.96. The Bertz CT molecular complexity index is 560. The third-order valence-electron chi connectivity index (χ3n) is 3.06. The Morgan fingerprint density at radius 3 is 2.69 bits per heavy atom. The van der Waals surface area contributed by atoms with E-state index >= 15 is 0 Å². The summed E-state index contributed by atoms with van der Waals surface area (Å²) >= 11 is 0. The molecule has 0 saturated heterocycles. The van der Waals surface area contributed by atoms with Crippen LogP contribution in [-0.4, -0.2) is 9.55 Å². The van der Waals surface area contributed by atoms with Gasteiger partial charge in [-0.1, -0.05) is 6.92 Å². The number of imidazole rings is 1. The molecule has 0 amide bonds. The van der Waals surface area contributed by atoms with Gasteiger partial charge >= 0.3 is 0 Å². The van der Waals surface area contributed by atoms with Crippen molar-refractivity contribution in [1.82, 2.24) is 9.55 Å². The van der Waals surface area contributed by atoms with Crippen LogP contribution in [0.2, 0.25) is 0 Å². The molecule has 1 aromatic heterocycles. The van der Waals surface area contributed by atoms with Gasteiger partial charge in [-0.25, -0.2) is 4.98 Å². The first-order valence-electron chi connectivity index (χ1n) is 5.50. The molecule has 0 N–H and O–H groups in total. The summed E-state index contributed by atoms with van der Waals surface area (Å²) in [7, 11) is 0. The van der Waals surface area contributed by atoms with E-state index in [0.717, 1.165) is 17.5 Å². The summed E-state index contributed by atoms with van der Waals surface area (Å²) in [4.78, 5) is 4.35. The highest BCUT2D eigenvalue weighted by molar-refractivity contribution is 5.77. The summed E-state index contributed by atoms with van der Waals surface area (Å²) in [5.41, 5.74) is 4.50. The second kappa shape index (κ2) is 3.97. The predicted octanol–water partition coefficient (Wildman–Crippen LogP) is 3.13. The smallest absolute Gasteiger partial charge is 0.122 e. The van der Waals surface area contributed by atoms with E-state index in [1.165, 1.54) is 11.1 Å². The van der Waals surface area contributed by atoms with Crippen molar-refractivity contribution in [3.05, 3.63) is 29.6 Å². The molecule has 1 unspecified atom stereocenters. The molecule has 0 aliphatic heterocycles. The highest BCUT2D eigenvalue weighted by Crippen LogP contribution is 2.22. The van der Waals surface area contributed by atoms with Crippen molar-refractivity contribution in [3.63, 3.8) is 0 Å². The number of nitriles is 1. The van der Waals surface area contributed by atoms with E-state index in [4.69, 9.17) is 5.26 Å². The van der Waals surface area contributed by atoms with Gasteiger partial charge in [-0.3, -0.25) is 0 Å². The van der Waals surface area contributed by atoms with E-state index in [1.54, 1.807) is 6.33 Å². The summed E-state index contributed by atoms with van der Waals surface area (Å²) in [6.07, 6.45) is 2.57. The number of aromatic nitrogens is 2. The molecule has 0 bridgehead atoms. The third kappa shape index (κ3) is 1.57. The summed E-state index contributed by atoms with van der Waals surface area (Å²) in [5, 5.41) is 9.08. The minimum atomic E-state index is -0.118. The normalized spacial score (nSPS) is 12.6. The van der Waals surface area contributed by atoms with Crippen LogP contribution in [0.4, 0.5) is 0 Å². The molecule has 1 heterocycles. The maximum Gasteiger partial charge on any atom is 0.122 e. The zero-order valence-electron chi connectivity index (χ0n) is 9.86. The standard InChI is InChI=1S/C13H15N3/c1-4-11(7-14)16-8-15-12-5-9(2)10(3)6-13(12)16/h5-6,8,11H,4H2,1-3H3. The maximum absolute atomic E-state index is 9.08. The van der Waals surface area contributed by atoms with Crippen LogP contribution in [0, 0.1) is 25.2 Å². The zero-order valence-corrected chi connectivity index (χ0v) is 9.86. The van der Waals surface area contributed by atoms with E-state index in [1.807, 2.05) is 11.5 Å². The van der Waals surface area contributed by atoms with Crippen molar-refractivity contribution < 1.29 is 0 Å². The van der Waals surface area contributed by atoms with Crippen LogP contribution in [-0.2, 0) is 0 Å². The second-order valence-corrected chi connectivity index (χ2v) is 4.13. The van der Waals surface area contributed by atoms with Gasteiger partial charge in [0.15, 0.2) is 0 Å². The lowest BCUT2D eigenvalue weighted by Gasteiger charge is -2.09. The van der Waals surface area contributed by atoms with Gasteiger partial charge in [0, 0.05) is 0 Å². The SMILES string of the molecule is CCC(C#N)n1cnc2cc(C)c(C)cc21. The van der Waals surface area contributed by atoms with E-state index in [2.05, 4.69) is 37.0 Å². The first-order chi connectivity index (χ1) is 7.67. The molecule has 0 aliphatic rings. The van der Waals surface area contributed by atoms with Crippen LogP contribution >= 0.6 is 0 Å². The largest absolute Gasteiger partial charge is 0.314 e. The van der Waals surface area contributed by atoms with Gasteiger partial charge in [0.25, 0.3) is 0 Å². The minimum Gasteiger partial charge on any atom is -0.314 e. The fourth-order valence-corrected chi connectivity index (χ4v) is 1.88. The van der Waals surface area contributed by atoms with E-state index < -0.39 is 0 Å². The van der Waals surface area contributed by atoms with Crippen molar-refractivity contribution in [2.24, 2.45) is 0 Å².